The quantitative estimate of drug-likeness (QED) is 0.444. The fourth-order valence-electron chi connectivity index (χ4n) is 2.46. The van der Waals surface area contributed by atoms with Crippen LogP contribution < -0.4 is 9.47 Å². The molecular weight excluding hydrogens is 342 g/mol. The fraction of sp³-hybridized carbons (Fsp3) is 0.263. The highest BCUT2D eigenvalue weighted by molar-refractivity contribution is 6.32. The molecule has 0 amide bonds. The maximum Gasteiger partial charge on any atom is 0.330 e. The molecule has 1 aromatic carbocycles. The van der Waals surface area contributed by atoms with E-state index in [1.807, 2.05) is 25.1 Å². The summed E-state index contributed by atoms with van der Waals surface area (Å²) in [6.07, 6.45) is 4.51. The number of aryl methyl sites for hydroxylation is 2. The van der Waals surface area contributed by atoms with Gasteiger partial charge >= 0.3 is 5.97 Å². The molecule has 1 aliphatic rings. The first-order chi connectivity index (χ1) is 12.1. The Morgan fingerprint density at radius 1 is 1.36 bits per heavy atom. The van der Waals surface area contributed by atoms with E-state index in [0.717, 1.165) is 29.8 Å². The molecule has 0 spiro atoms. The number of benzene rings is 1. The van der Waals surface area contributed by atoms with Crippen LogP contribution in [0.3, 0.4) is 0 Å². The Morgan fingerprint density at radius 3 is 3.08 bits per heavy atom. The highest BCUT2D eigenvalue weighted by atomic mass is 35.5. The number of hydrogen-bond acceptors (Lipinski definition) is 5. The van der Waals surface area contributed by atoms with Crippen molar-refractivity contribution in [3.8, 4) is 11.5 Å². The number of hydrogen-bond donors (Lipinski definition) is 0. The highest BCUT2D eigenvalue weighted by Gasteiger charge is 2.17. The van der Waals surface area contributed by atoms with Crippen LogP contribution in [0.25, 0.3) is 6.08 Å². The third kappa shape index (κ3) is 4.73. The molecule has 1 aromatic heterocycles. The molecular formula is C19H18ClNO4. The van der Waals surface area contributed by atoms with Crippen molar-refractivity contribution >= 4 is 23.6 Å². The number of carbonyl (C=O) groups is 1. The van der Waals surface area contributed by atoms with Gasteiger partial charge in [-0.25, -0.2) is 4.79 Å². The SMILES string of the molecule is Cc1cccc(CCCOC(=O)/C=C/c2cc(Cl)c3c(c2)OCO3)n1. The summed E-state index contributed by atoms with van der Waals surface area (Å²) < 4.78 is 15.7. The zero-order valence-electron chi connectivity index (χ0n) is 13.8. The summed E-state index contributed by atoms with van der Waals surface area (Å²) in [6.45, 7) is 2.46. The van der Waals surface area contributed by atoms with Crippen molar-refractivity contribution in [1.29, 1.82) is 0 Å². The molecule has 0 aliphatic carbocycles. The fourth-order valence-corrected chi connectivity index (χ4v) is 2.73. The minimum Gasteiger partial charge on any atom is -0.463 e. The van der Waals surface area contributed by atoms with E-state index in [9.17, 15) is 4.79 Å². The summed E-state index contributed by atoms with van der Waals surface area (Å²) in [5.41, 5.74) is 2.73. The standard InChI is InChI=1S/C19H18ClNO4/c1-13-4-2-5-15(21-13)6-3-9-23-18(22)8-7-14-10-16(20)19-17(11-14)24-12-25-19/h2,4-5,7-8,10-11H,3,6,9,12H2,1H3/b8-7+. The van der Waals surface area contributed by atoms with Crippen LogP contribution in [0, 0.1) is 6.92 Å². The Hall–Kier alpha value is -2.53. The lowest BCUT2D eigenvalue weighted by atomic mass is 10.2. The van der Waals surface area contributed by atoms with Gasteiger partial charge in [0.2, 0.25) is 6.79 Å². The molecule has 2 heterocycles. The third-order valence-electron chi connectivity index (χ3n) is 3.63. The number of carbonyl (C=O) groups excluding carboxylic acids is 1. The lowest BCUT2D eigenvalue weighted by molar-refractivity contribution is -0.137. The maximum atomic E-state index is 11.8. The first-order valence-corrected chi connectivity index (χ1v) is 8.36. The smallest absolute Gasteiger partial charge is 0.330 e. The minimum atomic E-state index is -0.397. The largest absolute Gasteiger partial charge is 0.463 e. The second kappa shape index (κ2) is 8.03. The minimum absolute atomic E-state index is 0.153. The molecule has 6 heteroatoms. The molecule has 0 atom stereocenters. The molecule has 0 radical (unpaired) electrons. The lowest BCUT2D eigenvalue weighted by Gasteiger charge is -2.03. The predicted molar refractivity (Wildman–Crippen MR) is 94.9 cm³/mol. The summed E-state index contributed by atoms with van der Waals surface area (Å²) >= 11 is 6.10. The van der Waals surface area contributed by atoms with Crippen LogP contribution in [0.5, 0.6) is 11.5 Å². The normalized spacial score (nSPS) is 12.6. The average Bonchev–Trinajstić information content (AvgIpc) is 3.06. The molecule has 25 heavy (non-hydrogen) atoms. The Bertz CT molecular complexity index is 804. The number of halogens is 1. The van der Waals surface area contributed by atoms with Gasteiger partial charge in [0.1, 0.15) is 0 Å². The number of rotatable bonds is 6. The number of pyridine rings is 1. The molecule has 130 valence electrons. The molecule has 0 unspecified atom stereocenters. The van der Waals surface area contributed by atoms with E-state index in [-0.39, 0.29) is 6.79 Å². The summed E-state index contributed by atoms with van der Waals surface area (Å²) in [6, 6.07) is 9.38. The van der Waals surface area contributed by atoms with Crippen LogP contribution in [0.4, 0.5) is 0 Å². The van der Waals surface area contributed by atoms with Crippen LogP contribution in [0.2, 0.25) is 5.02 Å². The van der Waals surface area contributed by atoms with Crippen molar-refractivity contribution in [3.63, 3.8) is 0 Å². The van der Waals surface area contributed by atoms with E-state index in [2.05, 4.69) is 4.98 Å². The topological polar surface area (TPSA) is 57.7 Å². The monoisotopic (exact) mass is 359 g/mol. The Morgan fingerprint density at radius 2 is 2.24 bits per heavy atom. The molecule has 3 rings (SSSR count). The van der Waals surface area contributed by atoms with E-state index in [4.69, 9.17) is 25.8 Å². The van der Waals surface area contributed by atoms with Crippen molar-refractivity contribution in [2.24, 2.45) is 0 Å². The van der Waals surface area contributed by atoms with Gasteiger partial charge in [0.05, 0.1) is 11.6 Å². The molecule has 0 bridgehead atoms. The third-order valence-corrected chi connectivity index (χ3v) is 3.91. The summed E-state index contributed by atoms with van der Waals surface area (Å²) in [7, 11) is 0. The van der Waals surface area contributed by atoms with Crippen LogP contribution >= 0.6 is 11.6 Å². The second-order valence-corrected chi connectivity index (χ2v) is 6.02. The summed E-state index contributed by atoms with van der Waals surface area (Å²) in [4.78, 5) is 16.2. The maximum absolute atomic E-state index is 11.8. The molecule has 0 saturated heterocycles. The predicted octanol–water partition coefficient (Wildman–Crippen LogP) is 3.96. The van der Waals surface area contributed by atoms with E-state index in [1.165, 1.54) is 6.08 Å². The Labute approximate surface area is 151 Å². The van der Waals surface area contributed by atoms with Gasteiger partial charge in [-0.3, -0.25) is 4.98 Å². The van der Waals surface area contributed by atoms with Gasteiger partial charge in [-0.15, -0.1) is 0 Å². The zero-order chi connectivity index (χ0) is 17.6. The highest BCUT2D eigenvalue weighted by Crippen LogP contribution is 2.40. The van der Waals surface area contributed by atoms with Gasteiger partial charge in [0, 0.05) is 17.5 Å². The van der Waals surface area contributed by atoms with Gasteiger partial charge in [0.25, 0.3) is 0 Å². The van der Waals surface area contributed by atoms with E-state index >= 15 is 0 Å². The van der Waals surface area contributed by atoms with Gasteiger partial charge in [-0.1, -0.05) is 17.7 Å². The molecule has 1 aliphatic heterocycles. The van der Waals surface area contributed by atoms with Crippen LogP contribution in [0.1, 0.15) is 23.4 Å². The average molecular weight is 360 g/mol. The van der Waals surface area contributed by atoms with Crippen LogP contribution in [-0.4, -0.2) is 24.4 Å². The zero-order valence-corrected chi connectivity index (χ0v) is 14.6. The second-order valence-electron chi connectivity index (χ2n) is 5.61. The number of fused-ring (bicyclic) bond motifs is 1. The van der Waals surface area contributed by atoms with E-state index in [0.29, 0.717) is 23.1 Å². The number of aromatic nitrogens is 1. The van der Waals surface area contributed by atoms with Crippen molar-refractivity contribution in [2.75, 3.05) is 13.4 Å². The molecule has 2 aromatic rings. The molecule has 5 nitrogen and oxygen atoms in total. The van der Waals surface area contributed by atoms with E-state index in [1.54, 1.807) is 18.2 Å². The van der Waals surface area contributed by atoms with E-state index < -0.39 is 5.97 Å². The first kappa shape index (κ1) is 17.3. The summed E-state index contributed by atoms with van der Waals surface area (Å²) in [5.74, 6) is 0.711. The van der Waals surface area contributed by atoms with Crippen LogP contribution in [-0.2, 0) is 16.0 Å². The van der Waals surface area contributed by atoms with Gasteiger partial charge in [0.15, 0.2) is 11.5 Å². The number of esters is 1. The van der Waals surface area contributed by atoms with Gasteiger partial charge in [-0.2, -0.15) is 0 Å². The van der Waals surface area contributed by atoms with Crippen LogP contribution in [0.15, 0.2) is 36.4 Å². The van der Waals surface area contributed by atoms with Crippen molar-refractivity contribution < 1.29 is 19.0 Å². The Kier molecular flexibility index (Phi) is 5.56. The number of ether oxygens (including phenoxy) is 3. The number of nitrogens with zero attached hydrogens (tertiary/aromatic N) is 1. The lowest BCUT2D eigenvalue weighted by Crippen LogP contribution is -2.04. The molecule has 0 N–H and O–H groups in total. The first-order valence-electron chi connectivity index (χ1n) is 7.98. The molecule has 0 fully saturated rings. The van der Waals surface area contributed by atoms with Crippen molar-refractivity contribution in [2.45, 2.75) is 19.8 Å². The van der Waals surface area contributed by atoms with Gasteiger partial charge in [-0.05, 0) is 55.7 Å². The molecule has 0 saturated carbocycles. The van der Waals surface area contributed by atoms with Gasteiger partial charge < -0.3 is 14.2 Å². The van der Waals surface area contributed by atoms with Crippen molar-refractivity contribution in [1.82, 2.24) is 4.98 Å². The Balaban J connectivity index is 1.46. The summed E-state index contributed by atoms with van der Waals surface area (Å²) in [5, 5.41) is 0.452. The van der Waals surface area contributed by atoms with Crippen molar-refractivity contribution in [3.05, 3.63) is 58.4 Å².